The highest BCUT2D eigenvalue weighted by Gasteiger charge is 2.31. The number of rotatable bonds is 1. The van der Waals surface area contributed by atoms with E-state index in [0.29, 0.717) is 13.1 Å². The van der Waals surface area contributed by atoms with Gasteiger partial charge >= 0.3 is 6.18 Å². The van der Waals surface area contributed by atoms with E-state index in [-0.39, 0.29) is 0 Å². The lowest BCUT2D eigenvalue weighted by Gasteiger charge is -2.15. The maximum Gasteiger partial charge on any atom is 0.401 e. The highest BCUT2D eigenvalue weighted by molar-refractivity contribution is 4.81. The largest absolute Gasteiger partial charge is 0.401 e. The minimum Gasteiger partial charge on any atom is -0.295 e. The summed E-state index contributed by atoms with van der Waals surface area (Å²) in [4.78, 5) is 1.39. The van der Waals surface area contributed by atoms with E-state index in [1.165, 1.54) is 4.90 Å². The van der Waals surface area contributed by atoms with Gasteiger partial charge in [0, 0.05) is 6.54 Å². The van der Waals surface area contributed by atoms with E-state index < -0.39 is 12.7 Å². The van der Waals surface area contributed by atoms with Gasteiger partial charge in [0.2, 0.25) is 0 Å². The summed E-state index contributed by atoms with van der Waals surface area (Å²) in [7, 11) is 0. The Labute approximate surface area is 57.8 Å². The van der Waals surface area contributed by atoms with Crippen molar-refractivity contribution in [2.24, 2.45) is 0 Å². The summed E-state index contributed by atoms with van der Waals surface area (Å²) < 4.78 is 35.0. The molecule has 10 heavy (non-hydrogen) atoms. The molecule has 1 aliphatic rings. The minimum atomic E-state index is -4.03. The molecular weight excluding hydrogens is 143 g/mol. The monoisotopic (exact) mass is 152 g/mol. The molecule has 1 rings (SSSR count). The van der Waals surface area contributed by atoms with Crippen LogP contribution in [-0.4, -0.2) is 30.7 Å². The van der Waals surface area contributed by atoms with E-state index in [4.69, 9.17) is 0 Å². The minimum absolute atomic E-state index is 0.486. The van der Waals surface area contributed by atoms with Crippen molar-refractivity contribution in [3.8, 4) is 0 Å². The van der Waals surface area contributed by atoms with Gasteiger partial charge < -0.3 is 0 Å². The molecule has 1 saturated heterocycles. The molecule has 0 saturated carbocycles. The molecular formula is C6H9F3N. The number of likely N-dealkylation sites (tertiary alicyclic amines) is 1. The summed E-state index contributed by atoms with van der Waals surface area (Å²) in [5.41, 5.74) is 0. The lowest BCUT2D eigenvalue weighted by Crippen LogP contribution is -2.31. The van der Waals surface area contributed by atoms with Crippen molar-refractivity contribution in [1.29, 1.82) is 0 Å². The van der Waals surface area contributed by atoms with Crippen molar-refractivity contribution in [2.45, 2.75) is 12.6 Å². The van der Waals surface area contributed by atoms with Gasteiger partial charge in [-0.05, 0) is 19.4 Å². The average Bonchev–Trinajstić information content (AvgIpc) is 2.12. The maximum absolute atomic E-state index is 11.7. The van der Waals surface area contributed by atoms with E-state index in [0.717, 1.165) is 6.42 Å². The molecule has 0 aliphatic carbocycles. The molecule has 1 radical (unpaired) electrons. The molecule has 0 aromatic carbocycles. The first kappa shape index (κ1) is 7.85. The normalized spacial score (nSPS) is 21.9. The fourth-order valence-electron chi connectivity index (χ4n) is 1.04. The molecule has 1 heterocycles. The van der Waals surface area contributed by atoms with Crippen LogP contribution in [0, 0.1) is 6.42 Å². The van der Waals surface area contributed by atoms with E-state index in [1.54, 1.807) is 0 Å². The van der Waals surface area contributed by atoms with E-state index in [2.05, 4.69) is 0 Å². The Hall–Kier alpha value is -0.250. The summed E-state index contributed by atoms with van der Waals surface area (Å²) in [6.45, 7) is 0.280. The number of nitrogens with zero attached hydrogens (tertiary/aromatic N) is 1. The average molecular weight is 152 g/mol. The summed E-state index contributed by atoms with van der Waals surface area (Å²) >= 11 is 0. The zero-order chi connectivity index (χ0) is 7.61. The molecule has 0 unspecified atom stereocenters. The van der Waals surface area contributed by atoms with Gasteiger partial charge in [-0.2, -0.15) is 13.2 Å². The van der Waals surface area contributed by atoms with Gasteiger partial charge in [-0.25, -0.2) is 0 Å². The van der Waals surface area contributed by atoms with Crippen LogP contribution < -0.4 is 0 Å². The zero-order valence-corrected chi connectivity index (χ0v) is 5.49. The summed E-state index contributed by atoms with van der Waals surface area (Å²) in [5.74, 6) is 0. The first-order valence-electron chi connectivity index (χ1n) is 3.19. The summed E-state index contributed by atoms with van der Waals surface area (Å²) in [5, 5.41) is 0. The predicted octanol–water partition coefficient (Wildman–Crippen LogP) is 1.46. The first-order valence-corrected chi connectivity index (χ1v) is 3.19. The molecule has 0 aromatic heterocycles. The molecule has 1 fully saturated rings. The van der Waals surface area contributed by atoms with Crippen molar-refractivity contribution < 1.29 is 13.2 Å². The van der Waals surface area contributed by atoms with Crippen LogP contribution in [-0.2, 0) is 0 Å². The predicted molar refractivity (Wildman–Crippen MR) is 31.4 cm³/mol. The number of hydrogen-bond acceptors (Lipinski definition) is 1. The third kappa shape index (κ3) is 2.56. The molecule has 0 spiro atoms. The molecule has 0 atom stereocenters. The zero-order valence-electron chi connectivity index (χ0n) is 5.49. The Morgan fingerprint density at radius 3 is 2.50 bits per heavy atom. The third-order valence-electron chi connectivity index (χ3n) is 1.44. The SMILES string of the molecule is FC(F)(F)CN1C[CH]CC1. The van der Waals surface area contributed by atoms with Gasteiger partial charge in [-0.3, -0.25) is 4.90 Å². The van der Waals surface area contributed by atoms with Gasteiger partial charge in [0.1, 0.15) is 0 Å². The fraction of sp³-hybridized carbons (Fsp3) is 0.833. The number of halogens is 3. The van der Waals surface area contributed by atoms with Crippen LogP contribution in [0.4, 0.5) is 13.2 Å². The molecule has 1 aliphatic heterocycles. The second-order valence-corrected chi connectivity index (χ2v) is 2.43. The molecule has 1 nitrogen and oxygen atoms in total. The second kappa shape index (κ2) is 2.78. The van der Waals surface area contributed by atoms with Crippen molar-refractivity contribution in [2.75, 3.05) is 19.6 Å². The standard InChI is InChI=1S/C6H9F3N/c7-6(8,9)5-10-3-1-2-4-10/h1H,2-5H2. The van der Waals surface area contributed by atoms with Crippen LogP contribution in [0.2, 0.25) is 0 Å². The Bertz CT molecular complexity index is 104. The van der Waals surface area contributed by atoms with Crippen LogP contribution in [0.5, 0.6) is 0 Å². The Kier molecular flexibility index (Phi) is 2.18. The topological polar surface area (TPSA) is 3.24 Å². The maximum atomic E-state index is 11.7. The molecule has 0 N–H and O–H groups in total. The van der Waals surface area contributed by atoms with Crippen molar-refractivity contribution in [3.63, 3.8) is 0 Å². The Morgan fingerprint density at radius 2 is 2.10 bits per heavy atom. The highest BCUT2D eigenvalue weighted by atomic mass is 19.4. The lowest BCUT2D eigenvalue weighted by molar-refractivity contribution is -0.143. The molecule has 4 heteroatoms. The van der Waals surface area contributed by atoms with Crippen molar-refractivity contribution in [3.05, 3.63) is 6.42 Å². The van der Waals surface area contributed by atoms with Gasteiger partial charge in [-0.15, -0.1) is 0 Å². The summed E-state index contributed by atoms with van der Waals surface area (Å²) in [6.07, 6.45) is -1.37. The van der Waals surface area contributed by atoms with Crippen molar-refractivity contribution >= 4 is 0 Å². The van der Waals surface area contributed by atoms with Crippen LogP contribution in [0.25, 0.3) is 0 Å². The van der Waals surface area contributed by atoms with Gasteiger partial charge in [0.15, 0.2) is 0 Å². The van der Waals surface area contributed by atoms with Crippen molar-refractivity contribution in [1.82, 2.24) is 4.90 Å². The second-order valence-electron chi connectivity index (χ2n) is 2.43. The molecule has 59 valence electrons. The fourth-order valence-corrected chi connectivity index (χ4v) is 1.04. The Morgan fingerprint density at radius 1 is 1.40 bits per heavy atom. The lowest BCUT2D eigenvalue weighted by atomic mass is 10.4. The van der Waals surface area contributed by atoms with E-state index in [9.17, 15) is 13.2 Å². The van der Waals surface area contributed by atoms with Gasteiger partial charge in [-0.1, -0.05) is 0 Å². The smallest absolute Gasteiger partial charge is 0.295 e. The van der Waals surface area contributed by atoms with Crippen LogP contribution in [0.3, 0.4) is 0 Å². The van der Waals surface area contributed by atoms with E-state index in [1.807, 2.05) is 6.42 Å². The van der Waals surface area contributed by atoms with Gasteiger partial charge in [0.05, 0.1) is 6.54 Å². The quantitative estimate of drug-likeness (QED) is 0.549. The van der Waals surface area contributed by atoms with E-state index >= 15 is 0 Å². The van der Waals surface area contributed by atoms with Crippen LogP contribution in [0.1, 0.15) is 6.42 Å². The third-order valence-corrected chi connectivity index (χ3v) is 1.44. The highest BCUT2D eigenvalue weighted by Crippen LogP contribution is 2.18. The van der Waals surface area contributed by atoms with Gasteiger partial charge in [0.25, 0.3) is 0 Å². The molecule has 0 bridgehead atoms. The number of alkyl halides is 3. The van der Waals surface area contributed by atoms with Crippen LogP contribution >= 0.6 is 0 Å². The van der Waals surface area contributed by atoms with Crippen LogP contribution in [0.15, 0.2) is 0 Å². The first-order chi connectivity index (χ1) is 4.58. The molecule has 0 amide bonds. The summed E-state index contributed by atoms with van der Waals surface area (Å²) in [6, 6.07) is 0. The Balaban J connectivity index is 2.24. The molecule has 0 aromatic rings. The number of hydrogen-bond donors (Lipinski definition) is 0.